The van der Waals surface area contributed by atoms with Crippen molar-refractivity contribution in [2.75, 3.05) is 0 Å². The van der Waals surface area contributed by atoms with E-state index in [0.717, 1.165) is 51.4 Å². The summed E-state index contributed by atoms with van der Waals surface area (Å²) < 4.78 is 12.3. The van der Waals surface area contributed by atoms with Gasteiger partial charge in [-0.05, 0) is 75.0 Å². The summed E-state index contributed by atoms with van der Waals surface area (Å²) in [5, 5.41) is 0. The van der Waals surface area contributed by atoms with Crippen LogP contribution < -0.4 is 0 Å². The van der Waals surface area contributed by atoms with Crippen molar-refractivity contribution in [3.05, 3.63) is 25.3 Å². The van der Waals surface area contributed by atoms with E-state index in [1.54, 1.807) is 0 Å². The number of rotatable bonds is 8. The van der Waals surface area contributed by atoms with Gasteiger partial charge in [-0.25, -0.2) is 9.59 Å². The first kappa shape index (κ1) is 23.7. The summed E-state index contributed by atoms with van der Waals surface area (Å²) >= 11 is 0. The Hall–Kier alpha value is -1.58. The number of esters is 2. The molecule has 0 N–H and O–H groups in total. The minimum Gasteiger partial charge on any atom is -0.455 e. The Bertz CT molecular complexity index is 560. The van der Waals surface area contributed by atoms with Gasteiger partial charge in [0, 0.05) is 18.6 Å². The zero-order chi connectivity index (χ0) is 21.7. The molecule has 0 heterocycles. The highest BCUT2D eigenvalue weighted by Gasteiger charge is 2.55. The predicted octanol–water partition coefficient (Wildman–Crippen LogP) is 6.00. The summed E-state index contributed by atoms with van der Waals surface area (Å²) in [6.07, 6.45) is 10.7. The molecular formula is C25H40O4. The molecule has 2 fully saturated rings. The quantitative estimate of drug-likeness (QED) is 0.367. The number of hydrogen-bond donors (Lipinski definition) is 0. The van der Waals surface area contributed by atoms with Crippen LogP contribution in [0.2, 0.25) is 0 Å². The lowest BCUT2D eigenvalue weighted by atomic mass is 9.60. The molecule has 2 aliphatic rings. The summed E-state index contributed by atoms with van der Waals surface area (Å²) in [7, 11) is 0. The van der Waals surface area contributed by atoms with Gasteiger partial charge in [-0.2, -0.15) is 0 Å². The number of hydrogen-bond acceptors (Lipinski definition) is 4. The molecule has 0 spiro atoms. The Labute approximate surface area is 177 Å². The second kappa shape index (κ2) is 9.95. The van der Waals surface area contributed by atoms with Gasteiger partial charge in [-0.15, -0.1) is 0 Å². The number of carbonyl (C=O) groups excluding carboxylic acids is 2. The van der Waals surface area contributed by atoms with Crippen molar-refractivity contribution < 1.29 is 19.1 Å². The molecule has 0 radical (unpaired) electrons. The third kappa shape index (κ3) is 5.32. The Balaban J connectivity index is 2.48. The Morgan fingerprint density at radius 3 is 1.55 bits per heavy atom. The summed E-state index contributed by atoms with van der Waals surface area (Å²) in [4.78, 5) is 24.8. The van der Waals surface area contributed by atoms with Gasteiger partial charge < -0.3 is 9.47 Å². The molecule has 2 rings (SSSR count). The van der Waals surface area contributed by atoms with Crippen LogP contribution in [-0.2, 0) is 19.1 Å². The van der Waals surface area contributed by atoms with Crippen LogP contribution in [0.3, 0.4) is 0 Å². The van der Waals surface area contributed by atoms with Crippen LogP contribution in [0.25, 0.3) is 0 Å². The SMILES string of the molecule is C=CC(=O)OC1(CC2(OC(=O)C=C)CCC(C)CC2CC)CCC(C)CC1CC. The molecule has 4 heteroatoms. The lowest BCUT2D eigenvalue weighted by Crippen LogP contribution is -2.56. The van der Waals surface area contributed by atoms with Gasteiger partial charge in [-0.1, -0.05) is 40.9 Å². The van der Waals surface area contributed by atoms with Gasteiger partial charge >= 0.3 is 11.9 Å². The Morgan fingerprint density at radius 1 is 0.862 bits per heavy atom. The molecule has 4 nitrogen and oxygen atoms in total. The Morgan fingerprint density at radius 2 is 1.24 bits per heavy atom. The summed E-state index contributed by atoms with van der Waals surface area (Å²) in [6.45, 7) is 16.1. The first-order valence-electron chi connectivity index (χ1n) is 11.4. The van der Waals surface area contributed by atoms with E-state index in [9.17, 15) is 9.59 Å². The maximum absolute atomic E-state index is 12.4. The van der Waals surface area contributed by atoms with Crippen molar-refractivity contribution in [3.8, 4) is 0 Å². The van der Waals surface area contributed by atoms with E-state index in [0.29, 0.717) is 18.3 Å². The third-order valence-electron chi connectivity index (χ3n) is 7.51. The minimum absolute atomic E-state index is 0.256. The lowest BCUT2D eigenvalue weighted by molar-refractivity contribution is -0.201. The maximum atomic E-state index is 12.4. The van der Waals surface area contributed by atoms with Gasteiger partial charge in [0.05, 0.1) is 0 Å². The van der Waals surface area contributed by atoms with E-state index in [-0.39, 0.29) is 23.8 Å². The van der Waals surface area contributed by atoms with Crippen LogP contribution in [0.4, 0.5) is 0 Å². The summed E-state index contributed by atoms with van der Waals surface area (Å²) in [5.41, 5.74) is -1.22. The van der Waals surface area contributed by atoms with Crippen LogP contribution in [0.5, 0.6) is 0 Å². The second-order valence-electron chi connectivity index (χ2n) is 9.53. The first-order valence-corrected chi connectivity index (χ1v) is 11.4. The zero-order valence-electron chi connectivity index (χ0n) is 18.9. The van der Waals surface area contributed by atoms with Gasteiger partial charge in [0.2, 0.25) is 0 Å². The van der Waals surface area contributed by atoms with Crippen molar-refractivity contribution >= 4 is 11.9 Å². The summed E-state index contributed by atoms with van der Waals surface area (Å²) in [6, 6.07) is 0. The fourth-order valence-electron chi connectivity index (χ4n) is 5.90. The van der Waals surface area contributed by atoms with Crippen LogP contribution in [-0.4, -0.2) is 23.1 Å². The highest BCUT2D eigenvalue weighted by Crippen LogP contribution is 2.52. The molecule has 6 atom stereocenters. The van der Waals surface area contributed by atoms with Crippen molar-refractivity contribution in [3.63, 3.8) is 0 Å². The normalized spacial score (nSPS) is 37.4. The van der Waals surface area contributed by atoms with Crippen LogP contribution in [0.1, 0.15) is 85.5 Å². The van der Waals surface area contributed by atoms with Gasteiger partial charge in [0.25, 0.3) is 0 Å². The molecule has 2 aliphatic carbocycles. The molecule has 164 valence electrons. The summed E-state index contributed by atoms with van der Waals surface area (Å²) in [5.74, 6) is 0.976. The zero-order valence-corrected chi connectivity index (χ0v) is 18.9. The molecule has 0 bridgehead atoms. The smallest absolute Gasteiger partial charge is 0.330 e. The Kier molecular flexibility index (Phi) is 8.13. The minimum atomic E-state index is -0.609. The van der Waals surface area contributed by atoms with Crippen molar-refractivity contribution in [2.24, 2.45) is 23.7 Å². The molecule has 0 aromatic carbocycles. The van der Waals surface area contributed by atoms with E-state index in [1.807, 2.05) is 0 Å². The van der Waals surface area contributed by atoms with Crippen LogP contribution in [0, 0.1) is 23.7 Å². The van der Waals surface area contributed by atoms with Crippen molar-refractivity contribution in [1.29, 1.82) is 0 Å². The third-order valence-corrected chi connectivity index (χ3v) is 7.51. The predicted molar refractivity (Wildman–Crippen MR) is 116 cm³/mol. The van der Waals surface area contributed by atoms with E-state index in [2.05, 4.69) is 40.9 Å². The molecule has 0 amide bonds. The monoisotopic (exact) mass is 404 g/mol. The van der Waals surface area contributed by atoms with E-state index >= 15 is 0 Å². The molecule has 0 aliphatic heterocycles. The molecule has 0 saturated heterocycles. The fourth-order valence-corrected chi connectivity index (χ4v) is 5.90. The lowest BCUT2D eigenvalue weighted by Gasteiger charge is -2.53. The molecule has 6 unspecified atom stereocenters. The standard InChI is InChI=1S/C25H40O4/c1-7-20-15-18(5)11-13-24(20,28-22(26)9-3)17-25(29-23(27)10-4)14-12-19(6)16-21(25)8-2/h9-10,18-21H,3-4,7-8,11-17H2,1-2,5-6H3. The average Bonchev–Trinajstić information content (AvgIpc) is 2.71. The van der Waals surface area contributed by atoms with E-state index < -0.39 is 11.2 Å². The molecule has 2 saturated carbocycles. The second-order valence-corrected chi connectivity index (χ2v) is 9.53. The van der Waals surface area contributed by atoms with E-state index in [1.165, 1.54) is 12.2 Å². The van der Waals surface area contributed by atoms with Crippen molar-refractivity contribution in [2.45, 2.75) is 96.7 Å². The first-order chi connectivity index (χ1) is 13.7. The van der Waals surface area contributed by atoms with E-state index in [4.69, 9.17) is 9.47 Å². The van der Waals surface area contributed by atoms with Gasteiger partial charge in [0.15, 0.2) is 0 Å². The van der Waals surface area contributed by atoms with Gasteiger partial charge in [-0.3, -0.25) is 0 Å². The highest BCUT2D eigenvalue weighted by atomic mass is 16.6. The highest BCUT2D eigenvalue weighted by molar-refractivity contribution is 5.82. The van der Waals surface area contributed by atoms with Crippen molar-refractivity contribution in [1.82, 2.24) is 0 Å². The van der Waals surface area contributed by atoms with Gasteiger partial charge in [0.1, 0.15) is 11.2 Å². The molecule has 0 aromatic rings. The van der Waals surface area contributed by atoms with Crippen LogP contribution in [0.15, 0.2) is 25.3 Å². The van der Waals surface area contributed by atoms with Crippen LogP contribution >= 0.6 is 0 Å². The molecular weight excluding hydrogens is 364 g/mol. The fraction of sp³-hybridized carbons (Fsp3) is 0.760. The average molecular weight is 405 g/mol. The number of ether oxygens (including phenoxy) is 2. The molecule has 29 heavy (non-hydrogen) atoms. The maximum Gasteiger partial charge on any atom is 0.330 e. The molecule has 0 aromatic heterocycles. The number of carbonyl (C=O) groups is 2. The topological polar surface area (TPSA) is 52.6 Å². The largest absolute Gasteiger partial charge is 0.455 e.